The maximum Gasteiger partial charge on any atom is 0.0746 e. The molecule has 1 N–H and O–H groups in total. The smallest absolute Gasteiger partial charge is 0.0746 e. The van der Waals surface area contributed by atoms with Gasteiger partial charge >= 0.3 is 0 Å². The van der Waals surface area contributed by atoms with Gasteiger partial charge in [-0.3, -0.25) is 4.90 Å². The summed E-state index contributed by atoms with van der Waals surface area (Å²) in [7, 11) is 0. The number of nitrogens with zero attached hydrogens (tertiary/aromatic N) is 1. The molecular weight excluding hydrogens is 210 g/mol. The number of hydrogen-bond acceptors (Lipinski definition) is 2. The first-order valence-corrected chi connectivity index (χ1v) is 7.32. The molecule has 0 aromatic heterocycles. The molecule has 1 saturated heterocycles. The highest BCUT2D eigenvalue weighted by atomic mass is 16.3. The lowest BCUT2D eigenvalue weighted by Crippen LogP contribution is -2.55. The highest BCUT2D eigenvalue weighted by molar-refractivity contribution is 4.95. The summed E-state index contributed by atoms with van der Waals surface area (Å²) in [6.45, 7) is 11.5. The van der Waals surface area contributed by atoms with Crippen LogP contribution in [0.5, 0.6) is 0 Å². The van der Waals surface area contributed by atoms with Gasteiger partial charge in [0.2, 0.25) is 0 Å². The molecule has 2 aliphatic rings. The van der Waals surface area contributed by atoms with Gasteiger partial charge in [0.05, 0.1) is 6.10 Å². The quantitative estimate of drug-likeness (QED) is 0.760. The van der Waals surface area contributed by atoms with E-state index < -0.39 is 0 Å². The summed E-state index contributed by atoms with van der Waals surface area (Å²) in [4.78, 5) is 2.57. The van der Waals surface area contributed by atoms with Crippen molar-refractivity contribution in [2.75, 3.05) is 13.1 Å². The summed E-state index contributed by atoms with van der Waals surface area (Å²) < 4.78 is 0. The average Bonchev–Trinajstić information content (AvgIpc) is 2.20. The van der Waals surface area contributed by atoms with Crippen molar-refractivity contribution in [3.63, 3.8) is 0 Å². The molecule has 0 spiro atoms. The molecule has 0 bridgehead atoms. The second kappa shape index (κ2) is 4.89. The standard InChI is InChI=1S/C15H29NO/c1-11-8-12(2)10-16(9-11)13-6-5-7-15(3,4)14(13)17/h11-14,17H,5-10H2,1-4H3. The Kier molecular flexibility index (Phi) is 3.84. The summed E-state index contributed by atoms with van der Waals surface area (Å²) in [6.07, 6.45) is 4.83. The Bertz CT molecular complexity index is 254. The van der Waals surface area contributed by atoms with Crippen LogP contribution in [0.1, 0.15) is 53.4 Å². The lowest BCUT2D eigenvalue weighted by Gasteiger charge is -2.48. The molecule has 1 aliphatic heterocycles. The lowest BCUT2D eigenvalue weighted by atomic mass is 9.71. The van der Waals surface area contributed by atoms with Crippen molar-refractivity contribution in [2.24, 2.45) is 17.3 Å². The molecule has 0 aromatic rings. The number of aliphatic hydroxyl groups is 1. The molecule has 2 heteroatoms. The van der Waals surface area contributed by atoms with Gasteiger partial charge in [0.1, 0.15) is 0 Å². The number of aliphatic hydroxyl groups excluding tert-OH is 1. The third-order valence-electron chi connectivity index (χ3n) is 4.85. The second-order valence-electron chi connectivity index (χ2n) is 7.29. The SMILES string of the molecule is CC1CC(C)CN(C2CCCC(C)(C)C2O)C1. The van der Waals surface area contributed by atoms with Crippen molar-refractivity contribution < 1.29 is 5.11 Å². The predicted molar refractivity (Wildman–Crippen MR) is 71.9 cm³/mol. The molecule has 4 unspecified atom stereocenters. The Balaban J connectivity index is 2.05. The molecule has 17 heavy (non-hydrogen) atoms. The van der Waals surface area contributed by atoms with Gasteiger partial charge in [-0.1, -0.05) is 34.1 Å². The van der Waals surface area contributed by atoms with Crippen molar-refractivity contribution in [3.05, 3.63) is 0 Å². The molecule has 1 saturated carbocycles. The Morgan fingerprint density at radius 3 is 2.29 bits per heavy atom. The molecule has 1 heterocycles. The van der Waals surface area contributed by atoms with E-state index in [2.05, 4.69) is 32.6 Å². The number of likely N-dealkylation sites (tertiary alicyclic amines) is 1. The topological polar surface area (TPSA) is 23.5 Å². The van der Waals surface area contributed by atoms with Crippen molar-refractivity contribution in [1.29, 1.82) is 0 Å². The van der Waals surface area contributed by atoms with Gasteiger partial charge in [0, 0.05) is 19.1 Å². The molecule has 2 nitrogen and oxygen atoms in total. The summed E-state index contributed by atoms with van der Waals surface area (Å²) in [5.74, 6) is 1.58. The van der Waals surface area contributed by atoms with Gasteiger partial charge in [-0.15, -0.1) is 0 Å². The normalized spacial score (nSPS) is 43.6. The zero-order chi connectivity index (χ0) is 12.6. The van der Waals surface area contributed by atoms with E-state index in [0.29, 0.717) is 6.04 Å². The van der Waals surface area contributed by atoms with Crippen LogP contribution in [0.25, 0.3) is 0 Å². The van der Waals surface area contributed by atoms with Gasteiger partial charge in [0.25, 0.3) is 0 Å². The van der Waals surface area contributed by atoms with Gasteiger partial charge < -0.3 is 5.11 Å². The molecular formula is C15H29NO. The van der Waals surface area contributed by atoms with E-state index in [1.54, 1.807) is 0 Å². The molecule has 2 rings (SSSR count). The fourth-order valence-electron chi connectivity index (χ4n) is 3.96. The molecule has 0 aromatic carbocycles. The largest absolute Gasteiger partial charge is 0.391 e. The second-order valence-corrected chi connectivity index (χ2v) is 7.29. The maximum absolute atomic E-state index is 10.6. The van der Waals surface area contributed by atoms with Crippen LogP contribution in [-0.2, 0) is 0 Å². The minimum absolute atomic E-state index is 0.104. The first-order chi connectivity index (χ1) is 7.90. The van der Waals surface area contributed by atoms with E-state index in [9.17, 15) is 5.11 Å². The summed E-state index contributed by atoms with van der Waals surface area (Å²) >= 11 is 0. The van der Waals surface area contributed by atoms with Crippen LogP contribution in [0, 0.1) is 17.3 Å². The molecule has 2 fully saturated rings. The van der Waals surface area contributed by atoms with Crippen LogP contribution < -0.4 is 0 Å². The van der Waals surface area contributed by atoms with Crippen LogP contribution in [0.3, 0.4) is 0 Å². The third-order valence-corrected chi connectivity index (χ3v) is 4.85. The van der Waals surface area contributed by atoms with Gasteiger partial charge in [-0.2, -0.15) is 0 Å². The third kappa shape index (κ3) is 2.85. The summed E-state index contributed by atoms with van der Waals surface area (Å²) in [5.41, 5.74) is 0.104. The minimum atomic E-state index is -0.145. The van der Waals surface area contributed by atoms with E-state index in [1.165, 1.54) is 38.8 Å². The average molecular weight is 239 g/mol. The van der Waals surface area contributed by atoms with Crippen molar-refractivity contribution >= 4 is 0 Å². The Morgan fingerprint density at radius 1 is 1.12 bits per heavy atom. The zero-order valence-electron chi connectivity index (χ0n) is 11.9. The van der Waals surface area contributed by atoms with Crippen molar-refractivity contribution in [3.8, 4) is 0 Å². The lowest BCUT2D eigenvalue weighted by molar-refractivity contribution is -0.0715. The first kappa shape index (κ1) is 13.4. The fraction of sp³-hybridized carbons (Fsp3) is 1.00. The number of hydrogen-bond donors (Lipinski definition) is 1. The van der Waals surface area contributed by atoms with Crippen LogP contribution in [-0.4, -0.2) is 35.2 Å². The Labute approximate surface area is 106 Å². The van der Waals surface area contributed by atoms with E-state index in [4.69, 9.17) is 0 Å². The monoisotopic (exact) mass is 239 g/mol. The molecule has 100 valence electrons. The van der Waals surface area contributed by atoms with Crippen molar-refractivity contribution in [2.45, 2.75) is 65.5 Å². The van der Waals surface area contributed by atoms with Crippen LogP contribution in [0.15, 0.2) is 0 Å². The summed E-state index contributed by atoms with van der Waals surface area (Å²) in [5, 5.41) is 10.6. The highest BCUT2D eigenvalue weighted by Crippen LogP contribution is 2.39. The van der Waals surface area contributed by atoms with Gasteiger partial charge in [0.15, 0.2) is 0 Å². The van der Waals surface area contributed by atoms with Crippen LogP contribution in [0.4, 0.5) is 0 Å². The molecule has 0 amide bonds. The van der Waals surface area contributed by atoms with E-state index >= 15 is 0 Å². The van der Waals surface area contributed by atoms with Crippen molar-refractivity contribution in [1.82, 2.24) is 4.90 Å². The van der Waals surface area contributed by atoms with Gasteiger partial charge in [-0.05, 0) is 36.5 Å². The zero-order valence-corrected chi connectivity index (χ0v) is 11.9. The Morgan fingerprint density at radius 2 is 1.71 bits per heavy atom. The number of piperidine rings is 1. The minimum Gasteiger partial charge on any atom is -0.391 e. The molecule has 0 radical (unpaired) electrons. The van der Waals surface area contributed by atoms with E-state index in [-0.39, 0.29) is 11.5 Å². The fourth-order valence-corrected chi connectivity index (χ4v) is 3.96. The van der Waals surface area contributed by atoms with Crippen LogP contribution in [0.2, 0.25) is 0 Å². The predicted octanol–water partition coefficient (Wildman–Crippen LogP) is 2.90. The molecule has 4 atom stereocenters. The number of rotatable bonds is 1. The maximum atomic E-state index is 10.6. The van der Waals surface area contributed by atoms with E-state index in [1.807, 2.05) is 0 Å². The first-order valence-electron chi connectivity index (χ1n) is 7.32. The van der Waals surface area contributed by atoms with Gasteiger partial charge in [-0.25, -0.2) is 0 Å². The molecule has 1 aliphatic carbocycles. The summed E-state index contributed by atoms with van der Waals surface area (Å²) in [6, 6.07) is 0.406. The highest BCUT2D eigenvalue weighted by Gasteiger charge is 2.41. The Hall–Kier alpha value is -0.0800. The van der Waals surface area contributed by atoms with Crippen LogP contribution >= 0.6 is 0 Å². The van der Waals surface area contributed by atoms with E-state index in [0.717, 1.165) is 11.8 Å².